The summed E-state index contributed by atoms with van der Waals surface area (Å²) in [7, 11) is 0. The lowest BCUT2D eigenvalue weighted by atomic mass is 10.0. The fourth-order valence-corrected chi connectivity index (χ4v) is 9.51. The van der Waals surface area contributed by atoms with Crippen molar-refractivity contribution in [3.8, 4) is 0 Å². The van der Waals surface area contributed by atoms with Crippen LogP contribution in [0.3, 0.4) is 0 Å². The second-order valence-corrected chi connectivity index (χ2v) is 22.0. The first-order valence-corrected chi connectivity index (χ1v) is 32.9. The minimum absolute atomic E-state index is 0.0719. The van der Waals surface area contributed by atoms with Crippen LogP contribution >= 0.6 is 0 Å². The SMILES string of the molecule is CC/C=C\C/C=C\C/C=C\C/C=C\C/C=C\CCCCCCCCCCCCCCCCCCCCCC(=O)OCC(COC(=O)CCCCCCC/C=C\CCCC)OC(=O)CCCCCCCCCCCCCC. The van der Waals surface area contributed by atoms with Crippen LogP contribution in [-0.2, 0) is 28.6 Å². The van der Waals surface area contributed by atoms with Gasteiger partial charge in [-0.1, -0.05) is 306 Å². The molecule has 0 aromatic rings. The molecule has 6 heteroatoms. The highest BCUT2D eigenvalue weighted by Gasteiger charge is 2.19. The van der Waals surface area contributed by atoms with E-state index < -0.39 is 6.10 Å². The zero-order valence-corrected chi connectivity index (χ0v) is 50.5. The van der Waals surface area contributed by atoms with Crippen LogP contribution in [0.2, 0.25) is 0 Å². The van der Waals surface area contributed by atoms with E-state index in [1.165, 1.54) is 199 Å². The van der Waals surface area contributed by atoms with Crippen molar-refractivity contribution in [1.29, 1.82) is 0 Å². The third-order valence-corrected chi connectivity index (χ3v) is 14.4. The number of carbonyl (C=O) groups is 3. The molecule has 0 spiro atoms. The number of hydrogen-bond acceptors (Lipinski definition) is 6. The molecule has 0 heterocycles. The number of esters is 3. The van der Waals surface area contributed by atoms with Gasteiger partial charge in [-0.05, 0) is 83.5 Å². The molecule has 0 aliphatic rings. The monoisotopic (exact) mass is 1060 g/mol. The summed E-state index contributed by atoms with van der Waals surface area (Å²) >= 11 is 0. The second kappa shape index (κ2) is 64.4. The zero-order valence-electron chi connectivity index (χ0n) is 50.5. The Kier molecular flexibility index (Phi) is 61.7. The first-order chi connectivity index (χ1) is 37.5. The number of rotatable bonds is 60. The minimum atomic E-state index is -0.773. The quantitative estimate of drug-likeness (QED) is 0.0261. The molecule has 0 bridgehead atoms. The second-order valence-electron chi connectivity index (χ2n) is 22.0. The maximum Gasteiger partial charge on any atom is 0.306 e. The molecular formula is C70H124O6. The fraction of sp³-hybridized carbons (Fsp3) is 0.786. The first-order valence-electron chi connectivity index (χ1n) is 32.9. The third kappa shape index (κ3) is 61.7. The van der Waals surface area contributed by atoms with Gasteiger partial charge in [0.2, 0.25) is 0 Å². The van der Waals surface area contributed by atoms with Crippen molar-refractivity contribution in [2.75, 3.05) is 13.2 Å². The summed E-state index contributed by atoms with van der Waals surface area (Å²) in [6.45, 7) is 6.51. The van der Waals surface area contributed by atoms with Crippen molar-refractivity contribution in [2.24, 2.45) is 0 Å². The van der Waals surface area contributed by atoms with Crippen molar-refractivity contribution in [2.45, 2.75) is 341 Å². The maximum atomic E-state index is 12.8. The highest BCUT2D eigenvalue weighted by Crippen LogP contribution is 2.17. The molecule has 76 heavy (non-hydrogen) atoms. The van der Waals surface area contributed by atoms with Gasteiger partial charge in [-0.25, -0.2) is 0 Å². The molecule has 0 fully saturated rings. The Morgan fingerprint density at radius 2 is 0.526 bits per heavy atom. The van der Waals surface area contributed by atoms with Crippen LogP contribution in [0.5, 0.6) is 0 Å². The van der Waals surface area contributed by atoms with E-state index in [-0.39, 0.29) is 31.1 Å². The number of allylic oxidation sites excluding steroid dienone is 12. The van der Waals surface area contributed by atoms with Crippen molar-refractivity contribution >= 4 is 17.9 Å². The predicted molar refractivity (Wildman–Crippen MR) is 330 cm³/mol. The van der Waals surface area contributed by atoms with E-state index in [9.17, 15) is 14.4 Å². The molecule has 0 radical (unpaired) electrons. The summed E-state index contributed by atoms with van der Waals surface area (Å²) in [6.07, 6.45) is 83.7. The minimum Gasteiger partial charge on any atom is -0.462 e. The highest BCUT2D eigenvalue weighted by atomic mass is 16.6. The zero-order chi connectivity index (χ0) is 55.0. The molecule has 0 aliphatic carbocycles. The first kappa shape index (κ1) is 72.8. The number of unbranched alkanes of at least 4 members (excludes halogenated alkanes) is 37. The van der Waals surface area contributed by atoms with Crippen LogP contribution in [0.1, 0.15) is 335 Å². The lowest BCUT2D eigenvalue weighted by molar-refractivity contribution is -0.167. The lowest BCUT2D eigenvalue weighted by Crippen LogP contribution is -2.30. The van der Waals surface area contributed by atoms with Gasteiger partial charge < -0.3 is 14.2 Å². The molecule has 6 nitrogen and oxygen atoms in total. The van der Waals surface area contributed by atoms with Crippen molar-refractivity contribution in [3.63, 3.8) is 0 Å². The van der Waals surface area contributed by atoms with Gasteiger partial charge in [-0.2, -0.15) is 0 Å². The standard InChI is InChI=1S/C70H124O6/c1-4-7-10-13-16-19-22-24-25-26-27-28-29-30-31-32-33-34-35-36-37-38-39-40-41-42-43-44-45-46-49-51-54-57-60-63-69(72)75-66-67(65-74-68(71)62-59-56-53-50-47-21-18-15-12-9-6-3)76-70(73)64-61-58-55-52-48-23-20-17-14-11-8-5-2/h7,10,15-16,18-19,24-25,27-28,30-31,67H,4-6,8-9,11-14,17,20-23,26,29,32-66H2,1-3H3/b10-7-,18-15-,19-16-,25-24-,28-27-,31-30-. The van der Waals surface area contributed by atoms with E-state index in [0.29, 0.717) is 19.3 Å². The summed E-state index contributed by atoms with van der Waals surface area (Å²) in [5.74, 6) is -0.866. The Labute approximate surface area is 472 Å². The van der Waals surface area contributed by atoms with Gasteiger partial charge in [0.05, 0.1) is 0 Å². The predicted octanol–water partition coefficient (Wildman–Crippen LogP) is 22.5. The Hall–Kier alpha value is -3.15. The van der Waals surface area contributed by atoms with Crippen molar-refractivity contribution in [3.05, 3.63) is 72.9 Å². The van der Waals surface area contributed by atoms with Gasteiger partial charge in [-0.3, -0.25) is 14.4 Å². The van der Waals surface area contributed by atoms with Gasteiger partial charge >= 0.3 is 17.9 Å². The van der Waals surface area contributed by atoms with Crippen LogP contribution in [0.15, 0.2) is 72.9 Å². The van der Waals surface area contributed by atoms with E-state index in [2.05, 4.69) is 93.7 Å². The maximum absolute atomic E-state index is 12.8. The third-order valence-electron chi connectivity index (χ3n) is 14.4. The van der Waals surface area contributed by atoms with E-state index in [1.807, 2.05) is 0 Å². The Balaban J connectivity index is 4.01. The van der Waals surface area contributed by atoms with Gasteiger partial charge in [0.15, 0.2) is 6.10 Å². The Morgan fingerprint density at radius 3 is 0.855 bits per heavy atom. The van der Waals surface area contributed by atoms with E-state index in [4.69, 9.17) is 14.2 Å². The van der Waals surface area contributed by atoms with E-state index in [0.717, 1.165) is 96.3 Å². The Bertz CT molecular complexity index is 1400. The summed E-state index contributed by atoms with van der Waals surface area (Å²) in [5, 5.41) is 0. The molecule has 0 aromatic carbocycles. The largest absolute Gasteiger partial charge is 0.462 e. The molecule has 0 rings (SSSR count). The van der Waals surface area contributed by atoms with E-state index in [1.54, 1.807) is 0 Å². The molecule has 0 saturated carbocycles. The molecular weight excluding hydrogens is 937 g/mol. The van der Waals surface area contributed by atoms with Crippen LogP contribution in [-0.4, -0.2) is 37.2 Å². The molecule has 0 saturated heterocycles. The molecule has 1 atom stereocenters. The summed E-state index contributed by atoms with van der Waals surface area (Å²) < 4.78 is 16.9. The lowest BCUT2D eigenvalue weighted by Gasteiger charge is -2.18. The van der Waals surface area contributed by atoms with Gasteiger partial charge in [0.1, 0.15) is 13.2 Å². The average molecular weight is 1060 g/mol. The smallest absolute Gasteiger partial charge is 0.306 e. The average Bonchev–Trinajstić information content (AvgIpc) is 3.42. The molecule has 440 valence electrons. The normalized spacial score (nSPS) is 12.5. The fourth-order valence-electron chi connectivity index (χ4n) is 9.51. The molecule has 0 aliphatic heterocycles. The summed E-state index contributed by atoms with van der Waals surface area (Å²) in [6, 6.07) is 0. The van der Waals surface area contributed by atoms with Crippen LogP contribution in [0.25, 0.3) is 0 Å². The number of hydrogen-bond donors (Lipinski definition) is 0. The molecule has 0 aromatic heterocycles. The van der Waals surface area contributed by atoms with Crippen LogP contribution < -0.4 is 0 Å². The van der Waals surface area contributed by atoms with Crippen molar-refractivity contribution in [1.82, 2.24) is 0 Å². The van der Waals surface area contributed by atoms with Crippen LogP contribution in [0, 0.1) is 0 Å². The Morgan fingerprint density at radius 1 is 0.276 bits per heavy atom. The van der Waals surface area contributed by atoms with E-state index >= 15 is 0 Å². The van der Waals surface area contributed by atoms with Crippen LogP contribution in [0.4, 0.5) is 0 Å². The summed E-state index contributed by atoms with van der Waals surface area (Å²) in [5.41, 5.74) is 0. The molecule has 0 N–H and O–H groups in total. The summed E-state index contributed by atoms with van der Waals surface area (Å²) in [4.78, 5) is 38.1. The number of carbonyl (C=O) groups excluding carboxylic acids is 3. The van der Waals surface area contributed by atoms with Gasteiger partial charge in [0, 0.05) is 19.3 Å². The number of ether oxygens (including phenoxy) is 3. The van der Waals surface area contributed by atoms with Gasteiger partial charge in [0.25, 0.3) is 0 Å². The molecule has 0 amide bonds. The molecule has 1 unspecified atom stereocenters. The van der Waals surface area contributed by atoms with Crippen molar-refractivity contribution < 1.29 is 28.6 Å². The topological polar surface area (TPSA) is 78.9 Å². The highest BCUT2D eigenvalue weighted by molar-refractivity contribution is 5.71. The van der Waals surface area contributed by atoms with Gasteiger partial charge in [-0.15, -0.1) is 0 Å².